The lowest BCUT2D eigenvalue weighted by molar-refractivity contribution is 0.438. The second kappa shape index (κ2) is 6.97. The number of hydrogen-bond donors (Lipinski definition) is 1. The van der Waals surface area contributed by atoms with Gasteiger partial charge in [0.05, 0.1) is 0 Å². The van der Waals surface area contributed by atoms with Gasteiger partial charge in [0.1, 0.15) is 11.6 Å². The van der Waals surface area contributed by atoms with Crippen molar-refractivity contribution >= 4 is 11.8 Å². The highest BCUT2D eigenvalue weighted by Crippen LogP contribution is 2.21. The Balaban J connectivity index is 2.31. The Labute approximate surface area is 106 Å². The first-order valence-corrected chi connectivity index (χ1v) is 6.80. The molecule has 0 aliphatic rings. The monoisotopic (exact) mass is 259 g/mol. The van der Waals surface area contributed by atoms with E-state index < -0.39 is 11.6 Å². The second-order valence-electron chi connectivity index (χ2n) is 4.41. The normalized spacial score (nSPS) is 13.1. The minimum Gasteiger partial charge on any atom is -0.313 e. The van der Waals surface area contributed by atoms with Gasteiger partial charge in [-0.15, -0.1) is 11.8 Å². The van der Waals surface area contributed by atoms with Crippen molar-refractivity contribution in [3.63, 3.8) is 0 Å². The van der Waals surface area contributed by atoms with Gasteiger partial charge in [-0.2, -0.15) is 0 Å². The zero-order chi connectivity index (χ0) is 12.8. The molecule has 0 saturated carbocycles. The van der Waals surface area contributed by atoms with Crippen LogP contribution in [-0.4, -0.2) is 18.3 Å². The van der Waals surface area contributed by atoms with Crippen molar-refractivity contribution < 1.29 is 8.78 Å². The van der Waals surface area contributed by atoms with Crippen LogP contribution in [0.3, 0.4) is 0 Å². The molecule has 0 bridgehead atoms. The Morgan fingerprint density at radius 3 is 2.53 bits per heavy atom. The van der Waals surface area contributed by atoms with Crippen molar-refractivity contribution in [2.75, 3.05) is 12.3 Å². The Hall–Kier alpha value is -0.610. The Kier molecular flexibility index (Phi) is 5.92. The third-order valence-corrected chi connectivity index (χ3v) is 3.77. The molecule has 0 aromatic heterocycles. The van der Waals surface area contributed by atoms with Crippen LogP contribution in [0.2, 0.25) is 0 Å². The fourth-order valence-corrected chi connectivity index (χ4v) is 2.08. The predicted octanol–water partition coefficient (Wildman–Crippen LogP) is 3.69. The van der Waals surface area contributed by atoms with E-state index in [4.69, 9.17) is 0 Å². The van der Waals surface area contributed by atoms with Crippen LogP contribution >= 0.6 is 11.8 Å². The molecule has 1 atom stereocenters. The minimum atomic E-state index is -0.529. The van der Waals surface area contributed by atoms with Crippen molar-refractivity contribution in [2.24, 2.45) is 5.92 Å². The average molecular weight is 259 g/mol. The zero-order valence-electron chi connectivity index (χ0n) is 10.5. The molecule has 0 fully saturated rings. The molecule has 0 heterocycles. The molecule has 1 rings (SSSR count). The van der Waals surface area contributed by atoms with Gasteiger partial charge in [0, 0.05) is 29.3 Å². The van der Waals surface area contributed by atoms with E-state index in [0.717, 1.165) is 18.4 Å². The first-order chi connectivity index (χ1) is 8.00. The van der Waals surface area contributed by atoms with Crippen LogP contribution in [-0.2, 0) is 0 Å². The maximum absolute atomic E-state index is 13.3. The summed E-state index contributed by atoms with van der Waals surface area (Å²) in [5.41, 5.74) is 0. The molecule has 0 aliphatic heterocycles. The molecular formula is C13H19F2NS. The van der Waals surface area contributed by atoms with Gasteiger partial charge in [0.15, 0.2) is 0 Å². The summed E-state index contributed by atoms with van der Waals surface area (Å²) in [6.07, 6.45) is 0. The van der Waals surface area contributed by atoms with Gasteiger partial charge < -0.3 is 5.32 Å². The van der Waals surface area contributed by atoms with Crippen LogP contribution in [0, 0.1) is 17.6 Å². The van der Waals surface area contributed by atoms with Gasteiger partial charge in [-0.1, -0.05) is 13.8 Å². The highest BCUT2D eigenvalue weighted by Gasteiger charge is 2.07. The first kappa shape index (κ1) is 14.5. The number of benzene rings is 1. The summed E-state index contributed by atoms with van der Waals surface area (Å²) in [7, 11) is 0. The van der Waals surface area contributed by atoms with E-state index in [9.17, 15) is 8.78 Å². The lowest BCUT2D eigenvalue weighted by Gasteiger charge is -2.17. The quantitative estimate of drug-likeness (QED) is 0.617. The van der Waals surface area contributed by atoms with Crippen LogP contribution in [0.1, 0.15) is 20.8 Å². The third kappa shape index (κ3) is 5.04. The molecule has 1 aromatic carbocycles. The van der Waals surface area contributed by atoms with E-state index in [2.05, 4.69) is 26.1 Å². The standard InChI is InChI=1S/C13H19F2NS/c1-9(2)10(3)16-6-7-17-13-5-4-11(14)8-12(13)15/h4-5,8-10,16H,6-7H2,1-3H3. The van der Waals surface area contributed by atoms with E-state index >= 15 is 0 Å². The fourth-order valence-electron chi connectivity index (χ4n) is 1.28. The summed E-state index contributed by atoms with van der Waals surface area (Å²) < 4.78 is 26.0. The molecule has 0 spiro atoms. The van der Waals surface area contributed by atoms with Gasteiger partial charge in [-0.3, -0.25) is 0 Å². The summed E-state index contributed by atoms with van der Waals surface area (Å²) >= 11 is 1.41. The maximum Gasteiger partial charge on any atom is 0.139 e. The Bertz CT molecular complexity index is 355. The van der Waals surface area contributed by atoms with Crippen LogP contribution in [0.4, 0.5) is 8.78 Å². The molecule has 1 N–H and O–H groups in total. The molecule has 0 saturated heterocycles. The van der Waals surface area contributed by atoms with Crippen molar-refractivity contribution in [3.05, 3.63) is 29.8 Å². The molecule has 4 heteroatoms. The van der Waals surface area contributed by atoms with Crippen LogP contribution < -0.4 is 5.32 Å². The summed E-state index contributed by atoms with van der Waals surface area (Å²) in [4.78, 5) is 0.505. The Morgan fingerprint density at radius 1 is 1.24 bits per heavy atom. The molecule has 17 heavy (non-hydrogen) atoms. The summed E-state index contributed by atoms with van der Waals surface area (Å²) in [5.74, 6) is 0.354. The number of rotatable bonds is 6. The van der Waals surface area contributed by atoms with Gasteiger partial charge in [-0.05, 0) is 25.0 Å². The molecule has 96 valence electrons. The molecule has 1 nitrogen and oxygen atoms in total. The van der Waals surface area contributed by atoms with Crippen molar-refractivity contribution in [2.45, 2.75) is 31.7 Å². The molecule has 0 amide bonds. The minimum absolute atomic E-state index is 0.452. The van der Waals surface area contributed by atoms with Gasteiger partial charge in [0.2, 0.25) is 0 Å². The smallest absolute Gasteiger partial charge is 0.139 e. The van der Waals surface area contributed by atoms with Gasteiger partial charge >= 0.3 is 0 Å². The zero-order valence-corrected chi connectivity index (χ0v) is 11.3. The van der Waals surface area contributed by atoms with Gasteiger partial charge in [0.25, 0.3) is 0 Å². The van der Waals surface area contributed by atoms with Crippen molar-refractivity contribution in [1.29, 1.82) is 0 Å². The molecule has 1 aromatic rings. The van der Waals surface area contributed by atoms with E-state index in [1.54, 1.807) is 0 Å². The highest BCUT2D eigenvalue weighted by molar-refractivity contribution is 7.99. The topological polar surface area (TPSA) is 12.0 Å². The van der Waals surface area contributed by atoms with Crippen LogP contribution in [0.15, 0.2) is 23.1 Å². The van der Waals surface area contributed by atoms with Crippen LogP contribution in [0.5, 0.6) is 0 Å². The molecule has 0 radical (unpaired) electrons. The van der Waals surface area contributed by atoms with E-state index in [1.165, 1.54) is 23.9 Å². The molecular weight excluding hydrogens is 240 g/mol. The largest absolute Gasteiger partial charge is 0.313 e. The number of halogens is 2. The average Bonchev–Trinajstić information content (AvgIpc) is 2.26. The lowest BCUT2D eigenvalue weighted by Crippen LogP contribution is -2.32. The lowest BCUT2D eigenvalue weighted by atomic mass is 10.1. The SMILES string of the molecule is CC(C)C(C)NCCSc1ccc(F)cc1F. The number of nitrogens with one attached hydrogen (secondary N) is 1. The van der Waals surface area contributed by atoms with Crippen molar-refractivity contribution in [3.8, 4) is 0 Å². The maximum atomic E-state index is 13.3. The van der Waals surface area contributed by atoms with Crippen molar-refractivity contribution in [1.82, 2.24) is 5.32 Å². The summed E-state index contributed by atoms with van der Waals surface area (Å²) in [6.45, 7) is 7.27. The summed E-state index contributed by atoms with van der Waals surface area (Å²) in [6, 6.07) is 4.15. The first-order valence-electron chi connectivity index (χ1n) is 5.82. The second-order valence-corrected chi connectivity index (χ2v) is 5.55. The highest BCUT2D eigenvalue weighted by atomic mass is 32.2. The fraction of sp³-hybridized carbons (Fsp3) is 0.538. The molecule has 0 aliphatic carbocycles. The predicted molar refractivity (Wildman–Crippen MR) is 69.4 cm³/mol. The van der Waals surface area contributed by atoms with E-state index in [1.807, 2.05) is 0 Å². The third-order valence-electron chi connectivity index (χ3n) is 2.72. The number of hydrogen-bond acceptors (Lipinski definition) is 2. The van der Waals surface area contributed by atoms with Crippen LogP contribution in [0.25, 0.3) is 0 Å². The molecule has 1 unspecified atom stereocenters. The summed E-state index contributed by atoms with van der Waals surface area (Å²) in [5, 5.41) is 3.37. The Morgan fingerprint density at radius 2 is 1.94 bits per heavy atom. The number of thioether (sulfide) groups is 1. The van der Waals surface area contributed by atoms with E-state index in [0.29, 0.717) is 16.9 Å². The van der Waals surface area contributed by atoms with E-state index in [-0.39, 0.29) is 0 Å². The van der Waals surface area contributed by atoms with Gasteiger partial charge in [-0.25, -0.2) is 8.78 Å².